The van der Waals surface area contributed by atoms with Gasteiger partial charge in [0.15, 0.2) is 0 Å². The molecule has 2 bridgehead atoms. The molecule has 0 saturated heterocycles. The summed E-state index contributed by atoms with van der Waals surface area (Å²) < 4.78 is 0. The maximum Gasteiger partial charge on any atom is 0.143 e. The van der Waals surface area contributed by atoms with Crippen molar-refractivity contribution in [3.05, 3.63) is 11.6 Å². The Morgan fingerprint density at radius 2 is 2.19 bits per heavy atom. The number of fused-ring (bicyclic) bond motifs is 2. The molecule has 0 aromatic heterocycles. The number of hydrogen-bond acceptors (Lipinski definition) is 1. The molecule has 0 aromatic rings. The first kappa shape index (κ1) is 12.3. The van der Waals surface area contributed by atoms with Crippen molar-refractivity contribution in [3.8, 4) is 0 Å². The van der Waals surface area contributed by atoms with Crippen LogP contribution in [-0.2, 0) is 4.79 Å². The van der Waals surface area contributed by atoms with Crippen LogP contribution >= 0.6 is 15.9 Å². The van der Waals surface area contributed by atoms with Gasteiger partial charge in [0.25, 0.3) is 0 Å². The van der Waals surface area contributed by atoms with Gasteiger partial charge in [-0.3, -0.25) is 4.79 Å². The third-order valence-corrected chi connectivity index (χ3v) is 5.77. The van der Waals surface area contributed by atoms with Crippen LogP contribution < -0.4 is 0 Å². The summed E-state index contributed by atoms with van der Waals surface area (Å²) in [5, 5.41) is 0. The van der Waals surface area contributed by atoms with Gasteiger partial charge in [-0.1, -0.05) is 34.5 Å². The van der Waals surface area contributed by atoms with Crippen molar-refractivity contribution < 1.29 is 4.79 Å². The lowest BCUT2D eigenvalue weighted by atomic mass is 9.71. The number of Topliss-reactive ketones (excluding diaryl/α,β-unsaturated/α-hetero) is 1. The highest BCUT2D eigenvalue weighted by molar-refractivity contribution is 9.09. The third-order valence-electron chi connectivity index (χ3n) is 4.49. The molecule has 2 aliphatic carbocycles. The molecule has 1 nitrogen and oxygen atoms in total. The molecule has 90 valence electrons. The minimum Gasteiger partial charge on any atom is -0.299 e. The summed E-state index contributed by atoms with van der Waals surface area (Å²) >= 11 is 3.73. The molecule has 0 aliphatic heterocycles. The van der Waals surface area contributed by atoms with E-state index >= 15 is 0 Å². The van der Waals surface area contributed by atoms with Crippen LogP contribution in [0.15, 0.2) is 11.6 Å². The van der Waals surface area contributed by atoms with E-state index in [0.717, 1.165) is 19.3 Å². The van der Waals surface area contributed by atoms with E-state index < -0.39 is 0 Å². The Morgan fingerprint density at radius 3 is 2.69 bits per heavy atom. The van der Waals surface area contributed by atoms with E-state index in [0.29, 0.717) is 22.4 Å². The molecule has 4 unspecified atom stereocenters. The number of ketones is 1. The van der Waals surface area contributed by atoms with Crippen LogP contribution in [-0.4, -0.2) is 10.6 Å². The van der Waals surface area contributed by atoms with E-state index in [1.165, 1.54) is 12.0 Å². The summed E-state index contributed by atoms with van der Waals surface area (Å²) in [5.74, 6) is 1.41. The average molecular weight is 285 g/mol. The minimum absolute atomic E-state index is 0.0525. The second-order valence-electron chi connectivity index (χ2n) is 5.84. The number of hydrogen-bond donors (Lipinski definition) is 0. The summed E-state index contributed by atoms with van der Waals surface area (Å²) in [5.41, 5.74) is 1.30. The van der Waals surface area contributed by atoms with Crippen LogP contribution in [0.4, 0.5) is 0 Å². The second kappa shape index (κ2) is 4.29. The fraction of sp³-hybridized carbons (Fsp3) is 0.786. The fourth-order valence-corrected chi connectivity index (χ4v) is 4.83. The molecule has 0 aromatic carbocycles. The Hall–Kier alpha value is -0.110. The Balaban J connectivity index is 2.08. The molecule has 0 heterocycles. The lowest BCUT2D eigenvalue weighted by molar-refractivity contribution is -0.131. The average Bonchev–Trinajstić information content (AvgIpc) is 2.64. The fourth-order valence-electron chi connectivity index (χ4n) is 3.48. The standard InChI is InChI=1S/C14H21BrO/c1-9(2)5-4-8-14(3)11-7-6-10(12(11)15)13(14)16/h5,10-12H,4,6-8H2,1-3H3. The number of allylic oxidation sites excluding steroid dienone is 2. The van der Waals surface area contributed by atoms with E-state index in [1.807, 2.05) is 0 Å². The van der Waals surface area contributed by atoms with Gasteiger partial charge in [-0.15, -0.1) is 0 Å². The minimum atomic E-state index is -0.0525. The molecular weight excluding hydrogens is 264 g/mol. The number of carbonyl (C=O) groups is 1. The van der Waals surface area contributed by atoms with E-state index in [-0.39, 0.29) is 5.41 Å². The SMILES string of the molecule is CC(C)=CCCC1(C)C(=O)C2CCC1C2Br. The van der Waals surface area contributed by atoms with Crippen LogP contribution in [0.1, 0.15) is 46.5 Å². The van der Waals surface area contributed by atoms with E-state index in [1.54, 1.807) is 0 Å². The Morgan fingerprint density at radius 1 is 1.50 bits per heavy atom. The lowest BCUT2D eigenvalue weighted by Crippen LogP contribution is -2.33. The van der Waals surface area contributed by atoms with Gasteiger partial charge < -0.3 is 0 Å². The van der Waals surface area contributed by atoms with Crippen molar-refractivity contribution in [1.82, 2.24) is 0 Å². The second-order valence-corrected chi connectivity index (χ2v) is 6.89. The van der Waals surface area contributed by atoms with E-state index in [9.17, 15) is 4.79 Å². The first-order valence-corrected chi connectivity index (χ1v) is 7.20. The topological polar surface area (TPSA) is 17.1 Å². The summed E-state index contributed by atoms with van der Waals surface area (Å²) in [7, 11) is 0. The summed E-state index contributed by atoms with van der Waals surface area (Å²) in [6, 6.07) is 0. The zero-order chi connectivity index (χ0) is 11.9. The highest BCUT2D eigenvalue weighted by Gasteiger charge is 2.59. The highest BCUT2D eigenvalue weighted by atomic mass is 79.9. The third kappa shape index (κ3) is 1.79. The molecule has 0 N–H and O–H groups in total. The molecule has 2 heteroatoms. The summed E-state index contributed by atoms with van der Waals surface area (Å²) in [6.07, 6.45) is 6.68. The van der Waals surface area contributed by atoms with E-state index in [4.69, 9.17) is 0 Å². The first-order valence-electron chi connectivity index (χ1n) is 6.28. The zero-order valence-electron chi connectivity index (χ0n) is 10.4. The molecule has 2 rings (SSSR count). The monoisotopic (exact) mass is 284 g/mol. The first-order chi connectivity index (χ1) is 7.47. The van der Waals surface area contributed by atoms with Gasteiger partial charge in [0, 0.05) is 16.2 Å². The van der Waals surface area contributed by atoms with Gasteiger partial charge in [0.2, 0.25) is 0 Å². The molecular formula is C14H21BrO. The maximum atomic E-state index is 12.3. The van der Waals surface area contributed by atoms with Gasteiger partial charge >= 0.3 is 0 Å². The Labute approximate surface area is 107 Å². The van der Waals surface area contributed by atoms with Gasteiger partial charge in [0.1, 0.15) is 5.78 Å². The molecule has 0 radical (unpaired) electrons. The number of rotatable bonds is 3. The van der Waals surface area contributed by atoms with Crippen LogP contribution in [0.5, 0.6) is 0 Å². The number of alkyl halides is 1. The lowest BCUT2D eigenvalue weighted by Gasteiger charge is -2.32. The van der Waals surface area contributed by atoms with Gasteiger partial charge in [-0.05, 0) is 45.4 Å². The number of halogens is 1. The zero-order valence-corrected chi connectivity index (χ0v) is 12.0. The molecule has 0 amide bonds. The van der Waals surface area contributed by atoms with Gasteiger partial charge in [0.05, 0.1) is 0 Å². The molecule has 2 fully saturated rings. The van der Waals surface area contributed by atoms with Crippen molar-refractivity contribution in [2.45, 2.75) is 51.3 Å². The molecule has 0 spiro atoms. The van der Waals surface area contributed by atoms with Gasteiger partial charge in [-0.25, -0.2) is 0 Å². The molecule has 16 heavy (non-hydrogen) atoms. The quantitative estimate of drug-likeness (QED) is 0.563. The molecule has 2 aliphatic rings. The highest BCUT2D eigenvalue weighted by Crippen LogP contribution is 2.58. The largest absolute Gasteiger partial charge is 0.299 e. The normalized spacial score (nSPS) is 41.5. The van der Waals surface area contributed by atoms with Crippen LogP contribution in [0.3, 0.4) is 0 Å². The van der Waals surface area contributed by atoms with Crippen molar-refractivity contribution in [2.75, 3.05) is 0 Å². The van der Waals surface area contributed by atoms with Crippen molar-refractivity contribution in [1.29, 1.82) is 0 Å². The smallest absolute Gasteiger partial charge is 0.143 e. The van der Waals surface area contributed by atoms with Crippen molar-refractivity contribution in [2.24, 2.45) is 17.3 Å². The van der Waals surface area contributed by atoms with Crippen LogP contribution in [0.25, 0.3) is 0 Å². The van der Waals surface area contributed by atoms with Crippen LogP contribution in [0, 0.1) is 17.3 Å². The number of carbonyl (C=O) groups excluding carboxylic acids is 1. The Bertz CT molecular complexity index is 330. The Kier molecular flexibility index (Phi) is 3.31. The van der Waals surface area contributed by atoms with Crippen molar-refractivity contribution in [3.63, 3.8) is 0 Å². The summed E-state index contributed by atoms with van der Waals surface area (Å²) in [6.45, 7) is 6.43. The molecule has 2 saturated carbocycles. The summed E-state index contributed by atoms with van der Waals surface area (Å²) in [4.78, 5) is 12.8. The molecule has 4 atom stereocenters. The van der Waals surface area contributed by atoms with Crippen LogP contribution in [0.2, 0.25) is 0 Å². The predicted octanol–water partition coefficient (Wildman–Crippen LogP) is 4.11. The predicted molar refractivity (Wildman–Crippen MR) is 70.7 cm³/mol. The van der Waals surface area contributed by atoms with E-state index in [2.05, 4.69) is 42.8 Å². The maximum absolute atomic E-state index is 12.3. The van der Waals surface area contributed by atoms with Gasteiger partial charge in [-0.2, -0.15) is 0 Å². The van der Waals surface area contributed by atoms with Crippen molar-refractivity contribution >= 4 is 21.7 Å².